The van der Waals surface area contributed by atoms with Gasteiger partial charge in [0.15, 0.2) is 0 Å². The van der Waals surface area contributed by atoms with Crippen LogP contribution in [0.15, 0.2) is 91.3 Å². The summed E-state index contributed by atoms with van der Waals surface area (Å²) in [6.45, 7) is 1.06. The fourth-order valence-electron chi connectivity index (χ4n) is 2.94. The summed E-state index contributed by atoms with van der Waals surface area (Å²) in [5.74, 6) is 0.563. The van der Waals surface area contributed by atoms with Gasteiger partial charge in [-0.15, -0.1) is 0 Å². The number of hydrogen-bond acceptors (Lipinski definition) is 3. The van der Waals surface area contributed by atoms with E-state index < -0.39 is 0 Å². The molecule has 1 N–H and O–H groups in total. The second-order valence-electron chi connectivity index (χ2n) is 6.81. The van der Waals surface area contributed by atoms with E-state index in [1.165, 1.54) is 0 Å². The first kappa shape index (κ1) is 19.7. The summed E-state index contributed by atoms with van der Waals surface area (Å²) < 4.78 is 7.52. The summed E-state index contributed by atoms with van der Waals surface area (Å²) in [5.41, 5.74) is 3.35. The summed E-state index contributed by atoms with van der Waals surface area (Å²) in [4.78, 5) is 12.5. The highest BCUT2D eigenvalue weighted by atomic mass is 35.5. The summed E-state index contributed by atoms with van der Waals surface area (Å²) in [6.07, 6.45) is 3.47. The third kappa shape index (κ3) is 5.27. The molecule has 3 aromatic carbocycles. The molecule has 0 aliphatic heterocycles. The summed E-state index contributed by atoms with van der Waals surface area (Å²) >= 11 is 5.87. The first-order valence-electron chi connectivity index (χ1n) is 9.51. The minimum atomic E-state index is -0.181. The first-order chi connectivity index (χ1) is 14.7. The molecule has 0 saturated heterocycles. The summed E-state index contributed by atoms with van der Waals surface area (Å²) in [6, 6.07) is 24.6. The molecule has 30 heavy (non-hydrogen) atoms. The topological polar surface area (TPSA) is 56.2 Å². The van der Waals surface area contributed by atoms with Crippen LogP contribution in [-0.2, 0) is 13.2 Å². The zero-order chi connectivity index (χ0) is 20.8. The molecule has 4 aromatic rings. The Hall–Kier alpha value is -3.57. The minimum absolute atomic E-state index is 0.181. The third-order valence-electron chi connectivity index (χ3n) is 4.51. The van der Waals surface area contributed by atoms with Crippen LogP contribution in [0.2, 0.25) is 5.02 Å². The molecule has 0 aliphatic rings. The van der Waals surface area contributed by atoms with Gasteiger partial charge in [-0.1, -0.05) is 54.1 Å². The number of benzene rings is 3. The SMILES string of the molecule is O=C(Nc1cnn(Cc2ccccc2)c1)c1ccc(COc2ccc(Cl)cc2)cc1. The van der Waals surface area contributed by atoms with E-state index in [0.29, 0.717) is 29.4 Å². The molecule has 0 unspecified atom stereocenters. The molecule has 1 aromatic heterocycles. The number of anilines is 1. The van der Waals surface area contributed by atoms with E-state index in [0.717, 1.165) is 16.9 Å². The second kappa shape index (κ2) is 9.29. The van der Waals surface area contributed by atoms with Crippen molar-refractivity contribution in [3.63, 3.8) is 0 Å². The van der Waals surface area contributed by atoms with Crippen molar-refractivity contribution in [1.29, 1.82) is 0 Å². The Bertz CT molecular complexity index is 1110. The van der Waals surface area contributed by atoms with Crippen molar-refractivity contribution < 1.29 is 9.53 Å². The van der Waals surface area contributed by atoms with Gasteiger partial charge >= 0.3 is 0 Å². The number of carbonyl (C=O) groups is 1. The molecule has 6 heteroatoms. The molecule has 0 bridgehead atoms. The molecule has 0 radical (unpaired) electrons. The lowest BCUT2D eigenvalue weighted by Crippen LogP contribution is -2.11. The van der Waals surface area contributed by atoms with Crippen LogP contribution in [0.5, 0.6) is 5.75 Å². The van der Waals surface area contributed by atoms with E-state index >= 15 is 0 Å². The molecule has 5 nitrogen and oxygen atoms in total. The van der Waals surface area contributed by atoms with Gasteiger partial charge in [-0.25, -0.2) is 0 Å². The number of amides is 1. The van der Waals surface area contributed by atoms with Gasteiger partial charge < -0.3 is 10.1 Å². The predicted octanol–water partition coefficient (Wildman–Crippen LogP) is 5.42. The average molecular weight is 418 g/mol. The smallest absolute Gasteiger partial charge is 0.255 e. The number of carbonyl (C=O) groups excluding carboxylic acids is 1. The Morgan fingerprint density at radius 3 is 2.40 bits per heavy atom. The van der Waals surface area contributed by atoms with Crippen molar-refractivity contribution in [2.75, 3.05) is 5.32 Å². The van der Waals surface area contributed by atoms with E-state index in [2.05, 4.69) is 10.4 Å². The average Bonchev–Trinajstić information content (AvgIpc) is 3.21. The molecule has 0 fully saturated rings. The van der Waals surface area contributed by atoms with Crippen molar-refractivity contribution in [2.24, 2.45) is 0 Å². The maximum atomic E-state index is 12.5. The van der Waals surface area contributed by atoms with Gasteiger partial charge in [0.05, 0.1) is 18.4 Å². The van der Waals surface area contributed by atoms with E-state index in [9.17, 15) is 4.79 Å². The van der Waals surface area contributed by atoms with E-state index in [1.807, 2.05) is 60.8 Å². The molecular weight excluding hydrogens is 398 g/mol. The van der Waals surface area contributed by atoms with Gasteiger partial charge in [0, 0.05) is 16.8 Å². The predicted molar refractivity (Wildman–Crippen MR) is 118 cm³/mol. The van der Waals surface area contributed by atoms with Gasteiger partial charge in [0.1, 0.15) is 12.4 Å². The van der Waals surface area contributed by atoms with Crippen LogP contribution < -0.4 is 10.1 Å². The van der Waals surface area contributed by atoms with Gasteiger partial charge in [-0.05, 0) is 47.5 Å². The number of halogens is 1. The monoisotopic (exact) mass is 417 g/mol. The maximum Gasteiger partial charge on any atom is 0.255 e. The van der Waals surface area contributed by atoms with Crippen LogP contribution in [0.25, 0.3) is 0 Å². The lowest BCUT2D eigenvalue weighted by atomic mass is 10.1. The van der Waals surface area contributed by atoms with Crippen molar-refractivity contribution in [2.45, 2.75) is 13.2 Å². The molecule has 1 amide bonds. The quantitative estimate of drug-likeness (QED) is 0.437. The summed E-state index contributed by atoms with van der Waals surface area (Å²) in [7, 11) is 0. The van der Waals surface area contributed by atoms with Crippen molar-refractivity contribution >= 4 is 23.2 Å². The molecule has 0 atom stereocenters. The number of hydrogen-bond donors (Lipinski definition) is 1. The van der Waals surface area contributed by atoms with Crippen LogP contribution in [0.4, 0.5) is 5.69 Å². The Balaban J connectivity index is 1.32. The number of nitrogens with one attached hydrogen (secondary N) is 1. The normalized spacial score (nSPS) is 10.6. The highest BCUT2D eigenvalue weighted by molar-refractivity contribution is 6.30. The largest absolute Gasteiger partial charge is 0.489 e. The standard InChI is InChI=1S/C24H20ClN3O2/c25-21-10-12-23(13-11-21)30-17-19-6-8-20(9-7-19)24(29)27-22-14-26-28(16-22)15-18-4-2-1-3-5-18/h1-14,16H,15,17H2,(H,27,29). The van der Waals surface area contributed by atoms with Gasteiger partial charge in [-0.3, -0.25) is 9.48 Å². The Kier molecular flexibility index (Phi) is 6.11. The van der Waals surface area contributed by atoms with Crippen LogP contribution in [0.1, 0.15) is 21.5 Å². The zero-order valence-electron chi connectivity index (χ0n) is 16.2. The molecule has 150 valence electrons. The van der Waals surface area contributed by atoms with Gasteiger partial charge in [-0.2, -0.15) is 5.10 Å². The Morgan fingerprint density at radius 1 is 0.933 bits per heavy atom. The number of nitrogens with zero attached hydrogens (tertiary/aromatic N) is 2. The summed E-state index contributed by atoms with van der Waals surface area (Å²) in [5, 5.41) is 7.86. The lowest BCUT2D eigenvalue weighted by Gasteiger charge is -2.07. The van der Waals surface area contributed by atoms with Crippen molar-refractivity contribution in [3.8, 4) is 5.75 Å². The van der Waals surface area contributed by atoms with Gasteiger partial charge in [0.2, 0.25) is 0 Å². The Labute approximate surface area is 179 Å². The Morgan fingerprint density at radius 2 is 1.67 bits per heavy atom. The third-order valence-corrected chi connectivity index (χ3v) is 4.77. The second-order valence-corrected chi connectivity index (χ2v) is 7.24. The van der Waals surface area contributed by atoms with E-state index in [1.54, 1.807) is 35.1 Å². The number of rotatable bonds is 7. The number of aromatic nitrogens is 2. The van der Waals surface area contributed by atoms with Crippen LogP contribution in [0, 0.1) is 0 Å². The zero-order valence-corrected chi connectivity index (χ0v) is 16.9. The molecule has 0 saturated carbocycles. The van der Waals surface area contributed by atoms with Crippen molar-refractivity contribution in [3.05, 3.63) is 113 Å². The molecule has 0 spiro atoms. The van der Waals surface area contributed by atoms with Gasteiger partial charge in [0.25, 0.3) is 5.91 Å². The van der Waals surface area contributed by atoms with Crippen LogP contribution in [0.3, 0.4) is 0 Å². The molecule has 4 rings (SSSR count). The maximum absolute atomic E-state index is 12.5. The highest BCUT2D eigenvalue weighted by Gasteiger charge is 2.08. The fraction of sp³-hybridized carbons (Fsp3) is 0.0833. The highest BCUT2D eigenvalue weighted by Crippen LogP contribution is 2.17. The lowest BCUT2D eigenvalue weighted by molar-refractivity contribution is 0.102. The fourth-order valence-corrected chi connectivity index (χ4v) is 3.06. The van der Waals surface area contributed by atoms with E-state index in [4.69, 9.17) is 16.3 Å². The first-order valence-corrected chi connectivity index (χ1v) is 9.88. The number of ether oxygens (including phenoxy) is 1. The van der Waals surface area contributed by atoms with Crippen LogP contribution in [-0.4, -0.2) is 15.7 Å². The minimum Gasteiger partial charge on any atom is -0.489 e. The van der Waals surface area contributed by atoms with Crippen molar-refractivity contribution in [1.82, 2.24) is 9.78 Å². The molecular formula is C24H20ClN3O2. The van der Waals surface area contributed by atoms with Crippen LogP contribution >= 0.6 is 11.6 Å². The molecule has 0 aliphatic carbocycles. The molecule has 1 heterocycles. The van der Waals surface area contributed by atoms with E-state index in [-0.39, 0.29) is 5.91 Å².